The van der Waals surface area contributed by atoms with Crippen LogP contribution in [0, 0.1) is 0 Å². The molecule has 0 aliphatic carbocycles. The van der Waals surface area contributed by atoms with Crippen molar-refractivity contribution in [2.45, 2.75) is 44.8 Å². The van der Waals surface area contributed by atoms with E-state index in [-0.39, 0.29) is 31.2 Å². The van der Waals surface area contributed by atoms with Gasteiger partial charge in [-0.1, -0.05) is 12.1 Å². The quantitative estimate of drug-likeness (QED) is 0.319. The Morgan fingerprint density at radius 3 is 2.14 bits per heavy atom. The average molecular weight is 524 g/mol. The van der Waals surface area contributed by atoms with Gasteiger partial charge in [0.1, 0.15) is 11.4 Å². The second-order valence-electron chi connectivity index (χ2n) is 9.00. The third-order valence-electron chi connectivity index (χ3n) is 5.15. The Labute approximate surface area is 211 Å². The molecule has 0 aliphatic heterocycles. The third-order valence-corrected chi connectivity index (χ3v) is 6.24. The minimum atomic E-state index is -3.87. The molecule has 12 heteroatoms. The monoisotopic (exact) mass is 523 g/mol. The van der Waals surface area contributed by atoms with Gasteiger partial charge in [-0.25, -0.2) is 22.7 Å². The van der Waals surface area contributed by atoms with E-state index in [1.807, 2.05) is 0 Å². The maximum absolute atomic E-state index is 13.4. The minimum absolute atomic E-state index is 0.00464. The number of methoxy groups -OCH3 is 3. The average Bonchev–Trinajstić information content (AvgIpc) is 2.81. The number of ether oxygens (including phenoxy) is 4. The van der Waals surface area contributed by atoms with Gasteiger partial charge in [-0.15, -0.1) is 0 Å². The maximum Gasteiger partial charge on any atom is 0.330 e. The number of benzene rings is 1. The molecule has 0 radical (unpaired) electrons. The highest BCUT2D eigenvalue weighted by molar-refractivity contribution is 7.92. The molecule has 1 unspecified atom stereocenters. The molecule has 1 aromatic carbocycles. The van der Waals surface area contributed by atoms with E-state index in [0.717, 1.165) is 17.7 Å². The first-order valence-electron chi connectivity index (χ1n) is 11.0. The minimum Gasteiger partial charge on any atom is -0.497 e. The zero-order chi connectivity index (χ0) is 27.1. The number of hydrogen-bond acceptors (Lipinski definition) is 10. The molecular formula is C24H33N3O8S. The summed E-state index contributed by atoms with van der Waals surface area (Å²) in [6.45, 7) is 4.88. The Morgan fingerprint density at radius 1 is 1.00 bits per heavy atom. The predicted octanol–water partition coefficient (Wildman–Crippen LogP) is 2.24. The molecule has 0 amide bonds. The Balaban J connectivity index is 2.66. The van der Waals surface area contributed by atoms with Gasteiger partial charge in [0.05, 0.1) is 32.7 Å². The van der Waals surface area contributed by atoms with Crippen LogP contribution < -0.4 is 9.04 Å². The van der Waals surface area contributed by atoms with Crippen molar-refractivity contribution in [3.63, 3.8) is 0 Å². The number of esters is 2. The third kappa shape index (κ3) is 6.91. The van der Waals surface area contributed by atoms with Gasteiger partial charge in [-0.3, -0.25) is 9.59 Å². The van der Waals surface area contributed by atoms with E-state index in [1.165, 1.54) is 26.5 Å². The van der Waals surface area contributed by atoms with Crippen molar-refractivity contribution in [1.82, 2.24) is 9.97 Å². The smallest absolute Gasteiger partial charge is 0.330 e. The predicted molar refractivity (Wildman–Crippen MR) is 132 cm³/mol. The van der Waals surface area contributed by atoms with E-state index in [0.29, 0.717) is 11.3 Å². The van der Waals surface area contributed by atoms with E-state index >= 15 is 0 Å². The van der Waals surface area contributed by atoms with Crippen LogP contribution in [0.5, 0.6) is 5.75 Å². The van der Waals surface area contributed by atoms with Crippen LogP contribution in [-0.4, -0.2) is 70.1 Å². The molecule has 2 rings (SSSR count). The van der Waals surface area contributed by atoms with E-state index in [4.69, 9.17) is 18.9 Å². The molecule has 11 nitrogen and oxygen atoms in total. The molecular weight excluding hydrogens is 490 g/mol. The lowest BCUT2D eigenvalue weighted by atomic mass is 9.80. The summed E-state index contributed by atoms with van der Waals surface area (Å²) in [5, 5.41) is 0. The van der Waals surface area contributed by atoms with Crippen LogP contribution in [0.15, 0.2) is 36.5 Å². The Hall–Kier alpha value is -3.25. The van der Waals surface area contributed by atoms with Crippen molar-refractivity contribution in [2.24, 2.45) is 0 Å². The van der Waals surface area contributed by atoms with Gasteiger partial charge in [0, 0.05) is 26.3 Å². The molecule has 2 aromatic rings. The van der Waals surface area contributed by atoms with Crippen LogP contribution in [0.1, 0.15) is 38.4 Å². The van der Waals surface area contributed by atoms with Crippen molar-refractivity contribution in [2.75, 3.05) is 38.5 Å². The van der Waals surface area contributed by atoms with Crippen LogP contribution in [0.2, 0.25) is 0 Å². The van der Waals surface area contributed by atoms with E-state index in [9.17, 15) is 18.0 Å². The molecule has 0 saturated heterocycles. The van der Waals surface area contributed by atoms with Crippen LogP contribution in [0.4, 0.5) is 5.95 Å². The van der Waals surface area contributed by atoms with Gasteiger partial charge in [0.2, 0.25) is 21.4 Å². The fourth-order valence-corrected chi connectivity index (χ4v) is 4.13. The van der Waals surface area contributed by atoms with Crippen LogP contribution in [0.25, 0.3) is 0 Å². The standard InChI is InChI=1S/C24H33N3O8S/c1-23(2,3)35-21(29)24(13-15-32-4,20(28)34-6)19-12-14-25-22(26-19)27(36(7,30)31)16-17-8-10-18(33-5)11-9-17/h8-12,14H,13,15-16H2,1-7H3. The lowest BCUT2D eigenvalue weighted by Crippen LogP contribution is -2.49. The van der Waals surface area contributed by atoms with Crippen LogP contribution >= 0.6 is 0 Å². The summed E-state index contributed by atoms with van der Waals surface area (Å²) < 4.78 is 47.3. The van der Waals surface area contributed by atoms with Gasteiger partial charge in [-0.2, -0.15) is 0 Å². The number of hydrogen-bond donors (Lipinski definition) is 0. The molecule has 1 heterocycles. The molecule has 0 fully saturated rings. The zero-order valence-electron chi connectivity index (χ0n) is 21.6. The van der Waals surface area contributed by atoms with Crippen LogP contribution in [-0.2, 0) is 45.8 Å². The number of carbonyl (C=O) groups is 2. The molecule has 1 aromatic heterocycles. The van der Waals surface area contributed by atoms with Crippen LogP contribution in [0.3, 0.4) is 0 Å². The Kier molecular flexibility index (Phi) is 9.38. The fourth-order valence-electron chi connectivity index (χ4n) is 3.36. The van der Waals surface area contributed by atoms with Gasteiger partial charge in [0.15, 0.2) is 0 Å². The summed E-state index contributed by atoms with van der Waals surface area (Å²) in [6, 6.07) is 8.16. The summed E-state index contributed by atoms with van der Waals surface area (Å²) >= 11 is 0. The number of anilines is 1. The van der Waals surface area contributed by atoms with Gasteiger partial charge < -0.3 is 18.9 Å². The normalized spacial score (nSPS) is 13.4. The topological polar surface area (TPSA) is 134 Å². The van der Waals surface area contributed by atoms with E-state index in [1.54, 1.807) is 45.0 Å². The molecule has 0 aliphatic rings. The number of rotatable bonds is 11. The van der Waals surface area contributed by atoms with Crippen molar-refractivity contribution >= 4 is 27.9 Å². The molecule has 36 heavy (non-hydrogen) atoms. The van der Waals surface area contributed by atoms with E-state index < -0.39 is 33.0 Å². The molecule has 0 bridgehead atoms. The summed E-state index contributed by atoms with van der Waals surface area (Å²) in [5.41, 5.74) is -2.37. The first kappa shape index (κ1) is 29.0. The van der Waals surface area contributed by atoms with Crippen molar-refractivity contribution in [3.8, 4) is 5.75 Å². The number of sulfonamides is 1. The first-order chi connectivity index (χ1) is 16.8. The fraction of sp³-hybridized carbons (Fsp3) is 0.500. The highest BCUT2D eigenvalue weighted by Gasteiger charge is 2.53. The van der Waals surface area contributed by atoms with Gasteiger partial charge in [-0.05, 0) is 44.5 Å². The molecule has 0 saturated carbocycles. The lowest BCUT2D eigenvalue weighted by molar-refractivity contribution is -0.172. The van der Waals surface area contributed by atoms with Crippen molar-refractivity contribution in [1.29, 1.82) is 0 Å². The van der Waals surface area contributed by atoms with Gasteiger partial charge >= 0.3 is 11.9 Å². The second kappa shape index (κ2) is 11.7. The Morgan fingerprint density at radius 2 is 1.64 bits per heavy atom. The zero-order valence-corrected chi connectivity index (χ0v) is 22.4. The first-order valence-corrected chi connectivity index (χ1v) is 12.9. The molecule has 0 spiro atoms. The summed E-state index contributed by atoms with van der Waals surface area (Å²) in [4.78, 5) is 35.0. The Bertz CT molecular complexity index is 1160. The van der Waals surface area contributed by atoms with Crippen molar-refractivity contribution in [3.05, 3.63) is 47.8 Å². The lowest BCUT2D eigenvalue weighted by Gasteiger charge is -2.32. The number of aromatic nitrogens is 2. The molecule has 1 atom stereocenters. The summed E-state index contributed by atoms with van der Waals surface area (Å²) in [5.74, 6) is -1.43. The number of carbonyl (C=O) groups excluding carboxylic acids is 2. The van der Waals surface area contributed by atoms with Crippen molar-refractivity contribution < 1.29 is 37.0 Å². The summed E-state index contributed by atoms with van der Waals surface area (Å²) in [7, 11) is 0.222. The number of nitrogens with zero attached hydrogens (tertiary/aromatic N) is 3. The SMILES string of the molecule is COCCC(C(=O)OC)(C(=O)OC(C)(C)C)c1ccnc(N(Cc2ccc(OC)cc2)S(C)(=O)=O)n1. The van der Waals surface area contributed by atoms with Gasteiger partial charge in [0.25, 0.3) is 0 Å². The summed E-state index contributed by atoms with van der Waals surface area (Å²) in [6.07, 6.45) is 2.14. The second-order valence-corrected chi connectivity index (χ2v) is 10.9. The highest BCUT2D eigenvalue weighted by Crippen LogP contribution is 2.33. The van der Waals surface area contributed by atoms with E-state index in [2.05, 4.69) is 9.97 Å². The molecule has 0 N–H and O–H groups in total. The highest BCUT2D eigenvalue weighted by atomic mass is 32.2. The maximum atomic E-state index is 13.4. The largest absolute Gasteiger partial charge is 0.497 e. The molecule has 198 valence electrons.